The summed E-state index contributed by atoms with van der Waals surface area (Å²) in [6.45, 7) is 3.52. The molecule has 0 spiro atoms. The van der Waals surface area contributed by atoms with E-state index >= 15 is 0 Å². The second-order valence-electron chi connectivity index (χ2n) is 4.89. The number of pyridine rings is 1. The normalized spacial score (nSPS) is 11.8. The van der Waals surface area contributed by atoms with Gasteiger partial charge in [0.2, 0.25) is 0 Å². The van der Waals surface area contributed by atoms with Crippen LogP contribution in [-0.4, -0.2) is 22.2 Å². The molecule has 2 aromatic rings. The molecule has 0 atom stereocenters. The summed E-state index contributed by atoms with van der Waals surface area (Å²) in [6, 6.07) is 4.51. The van der Waals surface area contributed by atoms with Crippen LogP contribution in [0.15, 0.2) is 24.4 Å². The van der Waals surface area contributed by atoms with E-state index in [1.54, 1.807) is 26.1 Å². The molecule has 96 valence electrons. The molecule has 1 heterocycles. The summed E-state index contributed by atoms with van der Waals surface area (Å²) >= 11 is 0. The van der Waals surface area contributed by atoms with Crippen molar-refractivity contribution in [3.63, 3.8) is 0 Å². The van der Waals surface area contributed by atoms with E-state index in [4.69, 9.17) is 5.73 Å². The first-order chi connectivity index (χ1) is 8.44. The van der Waals surface area contributed by atoms with Crippen molar-refractivity contribution in [1.29, 1.82) is 0 Å². The molecule has 4 N–H and O–H groups in total. The number of nitrogen functional groups attached to an aromatic ring is 1. The van der Waals surface area contributed by atoms with Crippen molar-refractivity contribution in [3.8, 4) is 0 Å². The van der Waals surface area contributed by atoms with Gasteiger partial charge in [0.05, 0.1) is 17.5 Å². The van der Waals surface area contributed by atoms with E-state index in [0.717, 1.165) is 0 Å². The first-order valence-electron chi connectivity index (χ1n) is 5.66. The van der Waals surface area contributed by atoms with Gasteiger partial charge in [-0.2, -0.15) is 0 Å². The minimum absolute atomic E-state index is 0.0883. The number of aromatic nitrogens is 1. The molecule has 1 aromatic carbocycles. The molecule has 0 aliphatic carbocycles. The second-order valence-corrected chi connectivity index (χ2v) is 4.89. The number of nitrogens with two attached hydrogens (primary N) is 1. The van der Waals surface area contributed by atoms with Crippen LogP contribution in [0.5, 0.6) is 0 Å². The molecule has 0 aliphatic heterocycles. The van der Waals surface area contributed by atoms with E-state index < -0.39 is 5.54 Å². The van der Waals surface area contributed by atoms with Gasteiger partial charge in [0.15, 0.2) is 0 Å². The summed E-state index contributed by atoms with van der Waals surface area (Å²) in [5.74, 6) is -0.000102. The third kappa shape index (κ3) is 2.22. The number of benzene rings is 1. The Morgan fingerprint density at radius 2 is 2.11 bits per heavy atom. The van der Waals surface area contributed by atoms with Crippen molar-refractivity contribution in [2.45, 2.75) is 19.4 Å². The maximum Gasteiger partial charge on any atom is 0.137 e. The van der Waals surface area contributed by atoms with Crippen molar-refractivity contribution in [2.24, 2.45) is 0 Å². The lowest BCUT2D eigenvalue weighted by atomic mass is 10.1. The summed E-state index contributed by atoms with van der Waals surface area (Å²) in [4.78, 5) is 4.12. The molecule has 0 unspecified atom stereocenters. The van der Waals surface area contributed by atoms with Gasteiger partial charge in [0.25, 0.3) is 0 Å². The van der Waals surface area contributed by atoms with Crippen LogP contribution in [0.3, 0.4) is 0 Å². The molecule has 0 radical (unpaired) electrons. The Morgan fingerprint density at radius 1 is 1.39 bits per heavy atom. The maximum absolute atomic E-state index is 13.9. The number of hydrogen-bond acceptors (Lipinski definition) is 4. The van der Waals surface area contributed by atoms with Gasteiger partial charge in [-0.15, -0.1) is 0 Å². The highest BCUT2D eigenvalue weighted by Gasteiger charge is 2.19. The molecule has 0 bridgehead atoms. The smallest absolute Gasteiger partial charge is 0.137 e. The minimum atomic E-state index is -0.585. The average molecular weight is 249 g/mol. The minimum Gasteiger partial charge on any atom is -0.398 e. The number of aliphatic hydroxyl groups is 1. The fourth-order valence-electron chi connectivity index (χ4n) is 1.73. The van der Waals surface area contributed by atoms with Crippen molar-refractivity contribution >= 4 is 22.3 Å². The molecule has 0 saturated carbocycles. The molecule has 5 heteroatoms. The molecule has 2 rings (SSSR count). The molecule has 0 aliphatic rings. The number of hydrogen-bond donors (Lipinski definition) is 3. The van der Waals surface area contributed by atoms with E-state index in [9.17, 15) is 9.50 Å². The van der Waals surface area contributed by atoms with Crippen LogP contribution in [0.2, 0.25) is 0 Å². The lowest BCUT2D eigenvalue weighted by molar-refractivity contribution is 0.234. The number of rotatable bonds is 3. The topological polar surface area (TPSA) is 71.2 Å². The van der Waals surface area contributed by atoms with E-state index in [-0.39, 0.29) is 12.4 Å². The predicted octanol–water partition coefficient (Wildman–Crippen LogP) is 2.14. The van der Waals surface area contributed by atoms with Crippen LogP contribution < -0.4 is 11.1 Å². The predicted molar refractivity (Wildman–Crippen MR) is 70.9 cm³/mol. The zero-order valence-corrected chi connectivity index (χ0v) is 10.4. The Morgan fingerprint density at radius 3 is 2.78 bits per heavy atom. The van der Waals surface area contributed by atoms with Crippen LogP contribution >= 0.6 is 0 Å². The van der Waals surface area contributed by atoms with Crippen molar-refractivity contribution < 1.29 is 9.50 Å². The molecular weight excluding hydrogens is 233 g/mol. The number of halogens is 1. The highest BCUT2D eigenvalue weighted by molar-refractivity contribution is 5.99. The van der Waals surface area contributed by atoms with Gasteiger partial charge in [-0.25, -0.2) is 9.37 Å². The Labute approximate surface area is 105 Å². The highest BCUT2D eigenvalue weighted by atomic mass is 19.1. The fraction of sp³-hybridized carbons (Fsp3) is 0.308. The number of aliphatic hydroxyl groups excluding tert-OH is 1. The Kier molecular flexibility index (Phi) is 3.09. The van der Waals surface area contributed by atoms with Crippen LogP contribution in [0.4, 0.5) is 15.9 Å². The zero-order chi connectivity index (χ0) is 13.3. The molecule has 1 aromatic heterocycles. The first-order valence-corrected chi connectivity index (χ1v) is 5.66. The van der Waals surface area contributed by atoms with Crippen LogP contribution in [0.25, 0.3) is 10.8 Å². The highest BCUT2D eigenvalue weighted by Crippen LogP contribution is 2.29. The van der Waals surface area contributed by atoms with Gasteiger partial charge in [-0.1, -0.05) is 0 Å². The maximum atomic E-state index is 13.9. The van der Waals surface area contributed by atoms with Crippen molar-refractivity contribution in [3.05, 3.63) is 30.2 Å². The number of nitrogens with zero attached hydrogens (tertiary/aromatic N) is 1. The van der Waals surface area contributed by atoms with Crippen molar-refractivity contribution in [1.82, 2.24) is 4.98 Å². The van der Waals surface area contributed by atoms with E-state index in [0.29, 0.717) is 22.3 Å². The van der Waals surface area contributed by atoms with E-state index in [1.807, 2.05) is 0 Å². The third-order valence-corrected chi connectivity index (χ3v) is 2.76. The molecule has 0 fully saturated rings. The lowest BCUT2D eigenvalue weighted by Crippen LogP contribution is -2.35. The molecule has 0 saturated heterocycles. The number of fused-ring (bicyclic) bond motifs is 1. The fourth-order valence-corrected chi connectivity index (χ4v) is 1.73. The summed E-state index contributed by atoms with van der Waals surface area (Å²) in [5.41, 5.74) is 5.73. The van der Waals surface area contributed by atoms with E-state index in [1.165, 1.54) is 12.1 Å². The molecule has 0 amide bonds. The molecular formula is C13H16FN3O. The van der Waals surface area contributed by atoms with Gasteiger partial charge in [0.1, 0.15) is 11.6 Å². The average Bonchev–Trinajstić information content (AvgIpc) is 2.34. The Bertz CT molecular complexity index is 584. The van der Waals surface area contributed by atoms with Crippen LogP contribution in [0.1, 0.15) is 13.8 Å². The zero-order valence-electron chi connectivity index (χ0n) is 10.4. The van der Waals surface area contributed by atoms with Gasteiger partial charge >= 0.3 is 0 Å². The summed E-state index contributed by atoms with van der Waals surface area (Å²) < 4.78 is 13.9. The molecule has 4 nitrogen and oxygen atoms in total. The quantitative estimate of drug-likeness (QED) is 0.729. The standard InChI is InChI=1S/C13H16FN3O/c1-13(2,7-18)17-12-11-8(5-6-16-12)10(15)4-3-9(11)14/h3-6,18H,7,15H2,1-2H3,(H,16,17). The monoisotopic (exact) mass is 249 g/mol. The largest absolute Gasteiger partial charge is 0.398 e. The number of nitrogens with one attached hydrogen (secondary N) is 1. The van der Waals surface area contributed by atoms with Gasteiger partial charge < -0.3 is 16.2 Å². The lowest BCUT2D eigenvalue weighted by Gasteiger charge is -2.25. The van der Waals surface area contributed by atoms with Crippen molar-refractivity contribution in [2.75, 3.05) is 17.7 Å². The van der Waals surface area contributed by atoms with Crippen LogP contribution in [-0.2, 0) is 0 Å². The third-order valence-electron chi connectivity index (χ3n) is 2.76. The van der Waals surface area contributed by atoms with Crippen LogP contribution in [0, 0.1) is 5.82 Å². The summed E-state index contributed by atoms with van der Waals surface area (Å²) in [6.07, 6.45) is 1.56. The Hall–Kier alpha value is -1.88. The Balaban J connectivity index is 2.62. The summed E-state index contributed by atoms with van der Waals surface area (Å²) in [7, 11) is 0. The van der Waals surface area contributed by atoms with Gasteiger partial charge in [-0.3, -0.25) is 0 Å². The summed E-state index contributed by atoms with van der Waals surface area (Å²) in [5, 5.41) is 13.2. The van der Waals surface area contributed by atoms with Gasteiger partial charge in [0, 0.05) is 17.3 Å². The first kappa shape index (κ1) is 12.6. The van der Waals surface area contributed by atoms with Gasteiger partial charge in [-0.05, 0) is 32.0 Å². The second kappa shape index (κ2) is 4.42. The SMILES string of the molecule is CC(C)(CO)Nc1nccc2c(N)ccc(F)c12. The number of anilines is 2. The molecule has 18 heavy (non-hydrogen) atoms. The van der Waals surface area contributed by atoms with E-state index in [2.05, 4.69) is 10.3 Å².